The van der Waals surface area contributed by atoms with E-state index in [2.05, 4.69) is 4.98 Å². The molecule has 0 bridgehead atoms. The third kappa shape index (κ3) is 3.69. The van der Waals surface area contributed by atoms with E-state index in [1.54, 1.807) is 23.5 Å². The van der Waals surface area contributed by atoms with Gasteiger partial charge in [0, 0.05) is 24.0 Å². The molecular weight excluding hydrogens is 364 g/mol. The van der Waals surface area contributed by atoms with Gasteiger partial charge in [-0.1, -0.05) is 6.07 Å². The summed E-state index contributed by atoms with van der Waals surface area (Å²) in [7, 11) is 0. The number of carboxylic acid groups (broad SMARTS) is 1. The van der Waals surface area contributed by atoms with E-state index >= 15 is 0 Å². The van der Waals surface area contributed by atoms with E-state index in [-0.39, 0.29) is 17.2 Å². The number of carbonyl (C=O) groups is 2. The van der Waals surface area contributed by atoms with Crippen LogP contribution in [0, 0.1) is 18.3 Å². The summed E-state index contributed by atoms with van der Waals surface area (Å²) in [5.74, 6) is -0.295. The first-order valence-electron chi connectivity index (χ1n) is 9.13. The molecule has 7 heteroatoms. The van der Waals surface area contributed by atoms with Crippen LogP contribution in [0.15, 0.2) is 29.6 Å². The number of carboxylic acids is 1. The van der Waals surface area contributed by atoms with Crippen molar-refractivity contribution in [3.8, 4) is 5.75 Å². The van der Waals surface area contributed by atoms with Gasteiger partial charge in [-0.25, -0.2) is 4.98 Å². The van der Waals surface area contributed by atoms with Crippen LogP contribution in [0.4, 0.5) is 0 Å². The first kappa shape index (κ1) is 18.0. The monoisotopic (exact) mass is 386 g/mol. The van der Waals surface area contributed by atoms with Crippen molar-refractivity contribution in [2.75, 3.05) is 13.1 Å². The van der Waals surface area contributed by atoms with E-state index in [4.69, 9.17) is 4.74 Å². The van der Waals surface area contributed by atoms with Crippen molar-refractivity contribution in [2.24, 2.45) is 11.3 Å². The zero-order chi connectivity index (χ0) is 19.0. The summed E-state index contributed by atoms with van der Waals surface area (Å²) < 4.78 is 5.78. The van der Waals surface area contributed by atoms with E-state index < -0.39 is 5.97 Å². The molecule has 1 saturated carbocycles. The molecule has 4 rings (SSSR count). The number of benzene rings is 1. The fourth-order valence-electron chi connectivity index (χ4n) is 3.94. The van der Waals surface area contributed by atoms with E-state index in [1.165, 1.54) is 0 Å². The molecule has 2 aliphatic rings. The molecule has 1 amide bonds. The minimum Gasteiger partial charge on any atom is -0.487 e. The Labute approximate surface area is 161 Å². The molecule has 2 aromatic rings. The zero-order valence-corrected chi connectivity index (χ0v) is 16.0. The zero-order valence-electron chi connectivity index (χ0n) is 15.2. The van der Waals surface area contributed by atoms with Crippen molar-refractivity contribution in [2.45, 2.75) is 32.8 Å². The van der Waals surface area contributed by atoms with Gasteiger partial charge >= 0.3 is 5.97 Å². The second-order valence-corrected chi connectivity index (χ2v) is 8.49. The number of aryl methyl sites for hydroxylation is 1. The molecule has 6 nitrogen and oxygen atoms in total. The summed E-state index contributed by atoms with van der Waals surface area (Å²) in [5, 5.41) is 12.2. The van der Waals surface area contributed by atoms with Gasteiger partial charge in [0.25, 0.3) is 5.91 Å². The molecule has 1 saturated heterocycles. The minimum absolute atomic E-state index is 0.0210. The third-order valence-electron chi connectivity index (χ3n) is 5.67. The highest BCUT2D eigenvalue weighted by molar-refractivity contribution is 7.09. The number of ether oxygens (including phenoxy) is 1. The number of nitrogens with zero attached hydrogens (tertiary/aromatic N) is 2. The first-order chi connectivity index (χ1) is 13.0. The van der Waals surface area contributed by atoms with Crippen molar-refractivity contribution < 1.29 is 19.4 Å². The lowest BCUT2D eigenvalue weighted by atomic mass is 9.90. The predicted molar refractivity (Wildman–Crippen MR) is 101 cm³/mol. The van der Waals surface area contributed by atoms with Crippen LogP contribution in [-0.2, 0) is 11.4 Å². The van der Waals surface area contributed by atoms with Crippen molar-refractivity contribution in [1.82, 2.24) is 9.88 Å². The maximum absolute atomic E-state index is 12.8. The molecule has 2 fully saturated rings. The number of hydrogen-bond acceptors (Lipinski definition) is 5. The van der Waals surface area contributed by atoms with Gasteiger partial charge in [-0.3, -0.25) is 9.59 Å². The van der Waals surface area contributed by atoms with Gasteiger partial charge in [-0.05, 0) is 49.8 Å². The molecule has 1 N–H and O–H groups in total. The number of rotatable bonds is 5. The maximum Gasteiger partial charge on any atom is 0.307 e. The molecule has 1 aliphatic carbocycles. The standard InChI is InChI=1S/C20H22N2O4S/c1-13-21-15(12-27-13)11-26-16-4-2-3-14(9-16)18(23)22-7-5-20(6-8-22)10-17(20)19(24)25/h2-4,9,12,17H,5-8,10-11H2,1H3,(H,24,25). The Hall–Kier alpha value is -2.41. The van der Waals surface area contributed by atoms with Crippen molar-refractivity contribution in [3.05, 3.63) is 45.9 Å². The molecule has 0 radical (unpaired) electrons. The Kier molecular flexibility index (Phi) is 4.63. The summed E-state index contributed by atoms with van der Waals surface area (Å²) in [4.78, 5) is 30.2. The van der Waals surface area contributed by atoms with Crippen LogP contribution in [0.25, 0.3) is 0 Å². The maximum atomic E-state index is 12.8. The molecule has 1 aliphatic heterocycles. The molecule has 1 atom stereocenters. The molecule has 2 heterocycles. The van der Waals surface area contributed by atoms with E-state index in [1.807, 2.05) is 29.3 Å². The van der Waals surface area contributed by atoms with E-state index in [0.717, 1.165) is 30.0 Å². The van der Waals surface area contributed by atoms with Crippen LogP contribution >= 0.6 is 11.3 Å². The number of hydrogen-bond donors (Lipinski definition) is 1. The van der Waals surface area contributed by atoms with Gasteiger partial charge in [0.15, 0.2) is 0 Å². The summed E-state index contributed by atoms with van der Waals surface area (Å²) in [6.07, 6.45) is 2.30. The first-order valence-corrected chi connectivity index (χ1v) is 10.0. The second kappa shape index (κ2) is 6.96. The summed E-state index contributed by atoms with van der Waals surface area (Å²) in [5.41, 5.74) is 1.41. The van der Waals surface area contributed by atoms with Gasteiger partial charge in [0.05, 0.1) is 16.6 Å². The Morgan fingerprint density at radius 3 is 2.78 bits per heavy atom. The lowest BCUT2D eigenvalue weighted by Crippen LogP contribution is -2.40. The number of likely N-dealkylation sites (tertiary alicyclic amines) is 1. The highest BCUT2D eigenvalue weighted by Gasteiger charge is 2.59. The van der Waals surface area contributed by atoms with Gasteiger partial charge in [0.1, 0.15) is 12.4 Å². The van der Waals surface area contributed by atoms with Crippen molar-refractivity contribution in [1.29, 1.82) is 0 Å². The van der Waals surface area contributed by atoms with Crippen LogP contribution in [0.2, 0.25) is 0 Å². The summed E-state index contributed by atoms with van der Waals surface area (Å²) >= 11 is 1.58. The van der Waals surface area contributed by atoms with Gasteiger partial charge in [-0.15, -0.1) is 11.3 Å². The van der Waals surface area contributed by atoms with Crippen LogP contribution in [0.1, 0.15) is 40.3 Å². The van der Waals surface area contributed by atoms with Crippen LogP contribution in [-0.4, -0.2) is 40.0 Å². The fourth-order valence-corrected chi connectivity index (χ4v) is 4.54. The average molecular weight is 386 g/mol. The van der Waals surface area contributed by atoms with Crippen molar-refractivity contribution in [3.63, 3.8) is 0 Å². The highest BCUT2D eigenvalue weighted by atomic mass is 32.1. The molecular formula is C20H22N2O4S. The Morgan fingerprint density at radius 1 is 1.37 bits per heavy atom. The molecule has 1 aromatic carbocycles. The van der Waals surface area contributed by atoms with Crippen LogP contribution < -0.4 is 4.74 Å². The lowest BCUT2D eigenvalue weighted by Gasteiger charge is -2.32. The smallest absolute Gasteiger partial charge is 0.307 e. The molecule has 1 unspecified atom stereocenters. The molecule has 27 heavy (non-hydrogen) atoms. The molecule has 1 aromatic heterocycles. The Balaban J connectivity index is 1.36. The number of aromatic nitrogens is 1. The van der Waals surface area contributed by atoms with Gasteiger partial charge in [0.2, 0.25) is 0 Å². The average Bonchev–Trinajstić information content (AvgIpc) is 3.21. The number of amides is 1. The van der Waals surface area contributed by atoms with Gasteiger partial charge in [-0.2, -0.15) is 0 Å². The Morgan fingerprint density at radius 2 is 2.15 bits per heavy atom. The highest BCUT2D eigenvalue weighted by Crippen LogP contribution is 2.59. The van der Waals surface area contributed by atoms with Crippen LogP contribution in [0.3, 0.4) is 0 Å². The molecule has 1 spiro atoms. The van der Waals surface area contributed by atoms with Crippen LogP contribution in [0.5, 0.6) is 5.75 Å². The summed E-state index contributed by atoms with van der Waals surface area (Å²) in [6, 6.07) is 7.22. The number of carbonyl (C=O) groups excluding carboxylic acids is 1. The minimum atomic E-state index is -0.699. The third-order valence-corrected chi connectivity index (χ3v) is 6.49. The normalized spacial score (nSPS) is 20.5. The molecule has 142 valence electrons. The van der Waals surface area contributed by atoms with E-state index in [0.29, 0.717) is 31.0 Å². The topological polar surface area (TPSA) is 79.7 Å². The van der Waals surface area contributed by atoms with E-state index in [9.17, 15) is 14.7 Å². The second-order valence-electron chi connectivity index (χ2n) is 7.42. The number of thiazole rings is 1. The Bertz CT molecular complexity index is 870. The van der Waals surface area contributed by atoms with Crippen molar-refractivity contribution >= 4 is 23.2 Å². The fraction of sp³-hybridized carbons (Fsp3) is 0.450. The predicted octanol–water partition coefficient (Wildman–Crippen LogP) is 3.36. The van der Waals surface area contributed by atoms with Gasteiger partial charge < -0.3 is 14.7 Å². The quantitative estimate of drug-likeness (QED) is 0.852. The summed E-state index contributed by atoms with van der Waals surface area (Å²) in [6.45, 7) is 3.57. The largest absolute Gasteiger partial charge is 0.487 e. The lowest BCUT2D eigenvalue weighted by molar-refractivity contribution is -0.139. The SMILES string of the molecule is Cc1nc(COc2cccc(C(=O)N3CCC4(CC3)CC4C(=O)O)c2)cs1. The number of aliphatic carboxylic acids is 1. The number of piperidine rings is 1.